The Balaban J connectivity index is 1.40. The van der Waals surface area contributed by atoms with Crippen LogP contribution in [0.2, 0.25) is 0 Å². The van der Waals surface area contributed by atoms with E-state index in [0.29, 0.717) is 12.4 Å². The summed E-state index contributed by atoms with van der Waals surface area (Å²) in [7, 11) is 1.82. The summed E-state index contributed by atoms with van der Waals surface area (Å²) in [4.78, 5) is 23.7. The van der Waals surface area contributed by atoms with Gasteiger partial charge in [0.2, 0.25) is 5.88 Å². The van der Waals surface area contributed by atoms with Gasteiger partial charge in [-0.3, -0.25) is 14.7 Å². The number of carboxylic acid groups (broad SMARTS) is 1. The fourth-order valence-electron chi connectivity index (χ4n) is 6.08. The molecular weight excluding hydrogens is 468 g/mol. The molecule has 3 aromatic heterocycles. The van der Waals surface area contributed by atoms with Crippen LogP contribution in [0.1, 0.15) is 67.0 Å². The summed E-state index contributed by atoms with van der Waals surface area (Å²) in [5.41, 5.74) is 5.35. The van der Waals surface area contributed by atoms with Gasteiger partial charge in [-0.1, -0.05) is 35.5 Å². The van der Waals surface area contributed by atoms with Crippen LogP contribution in [0.4, 0.5) is 0 Å². The molecular formula is C28H30N6O3. The van der Waals surface area contributed by atoms with Crippen molar-refractivity contribution in [2.24, 2.45) is 7.05 Å². The maximum atomic E-state index is 12.1. The first-order chi connectivity index (χ1) is 17.8. The highest BCUT2D eigenvalue weighted by Crippen LogP contribution is 2.51. The molecule has 9 nitrogen and oxygen atoms in total. The lowest BCUT2D eigenvalue weighted by molar-refractivity contribution is -0.137. The van der Waals surface area contributed by atoms with Crippen molar-refractivity contribution in [1.82, 2.24) is 29.9 Å². The number of aromatic nitrogens is 5. The molecule has 4 heterocycles. The number of hydrogen-bond donors (Lipinski definition) is 1. The monoisotopic (exact) mass is 498 g/mol. The first kappa shape index (κ1) is 23.5. The van der Waals surface area contributed by atoms with Gasteiger partial charge < -0.3 is 9.84 Å². The Labute approximate surface area is 215 Å². The number of carbonyl (C=O) groups is 1. The second-order valence-electron chi connectivity index (χ2n) is 10.7. The van der Waals surface area contributed by atoms with Gasteiger partial charge >= 0.3 is 5.97 Å². The first-order valence-corrected chi connectivity index (χ1v) is 12.6. The average molecular weight is 499 g/mol. The number of rotatable bonds is 5. The molecule has 0 amide bonds. The number of aryl methyl sites for hydroxylation is 1. The highest BCUT2D eigenvalue weighted by molar-refractivity contribution is 5.74. The molecule has 0 spiro atoms. The van der Waals surface area contributed by atoms with Gasteiger partial charge in [0, 0.05) is 49.6 Å². The van der Waals surface area contributed by atoms with Crippen LogP contribution in [-0.2, 0) is 18.4 Å². The molecule has 0 bridgehead atoms. The van der Waals surface area contributed by atoms with Crippen LogP contribution in [0.5, 0.6) is 5.88 Å². The molecule has 190 valence electrons. The summed E-state index contributed by atoms with van der Waals surface area (Å²) in [6, 6.07) is 14.5. The summed E-state index contributed by atoms with van der Waals surface area (Å²) in [5, 5.41) is 18.2. The number of nitrogens with zero attached hydrogens (tertiary/aromatic N) is 6. The maximum absolute atomic E-state index is 12.1. The fraction of sp³-hybridized carbons (Fsp3) is 0.393. The molecule has 2 aliphatic rings. The Kier molecular flexibility index (Phi) is 5.67. The van der Waals surface area contributed by atoms with Gasteiger partial charge in [-0.15, -0.1) is 5.10 Å². The summed E-state index contributed by atoms with van der Waals surface area (Å²) in [5.74, 6) is -0.445. The summed E-state index contributed by atoms with van der Waals surface area (Å²) < 4.78 is 7.98. The largest absolute Gasteiger partial charge is 0.481 e. The number of aliphatic carboxylic acids is 1. The third-order valence-corrected chi connectivity index (χ3v) is 7.63. The first-order valence-electron chi connectivity index (χ1n) is 12.6. The summed E-state index contributed by atoms with van der Waals surface area (Å²) >= 11 is 0. The molecule has 1 N–H and O–H groups in total. The normalized spacial score (nSPS) is 21.6. The van der Waals surface area contributed by atoms with Crippen LogP contribution >= 0.6 is 0 Å². The van der Waals surface area contributed by atoms with Gasteiger partial charge in [-0.25, -0.2) is 9.67 Å². The van der Waals surface area contributed by atoms with Crippen molar-refractivity contribution in [3.8, 4) is 5.88 Å². The number of carboxylic acids is 1. The van der Waals surface area contributed by atoms with E-state index in [4.69, 9.17) is 9.72 Å². The lowest BCUT2D eigenvalue weighted by Gasteiger charge is -2.34. The molecule has 1 aromatic carbocycles. The van der Waals surface area contributed by atoms with E-state index in [-0.39, 0.29) is 24.3 Å². The molecule has 0 fully saturated rings. The topological polar surface area (TPSA) is 106 Å². The van der Waals surface area contributed by atoms with Crippen molar-refractivity contribution < 1.29 is 14.6 Å². The number of hydrogen-bond acceptors (Lipinski definition) is 7. The van der Waals surface area contributed by atoms with E-state index < -0.39 is 11.6 Å². The minimum absolute atomic E-state index is 0.000395. The van der Waals surface area contributed by atoms with E-state index in [0.717, 1.165) is 35.3 Å². The lowest BCUT2D eigenvalue weighted by Crippen LogP contribution is -2.41. The third-order valence-electron chi connectivity index (χ3n) is 7.63. The molecule has 4 aromatic rings. The molecule has 37 heavy (non-hydrogen) atoms. The Morgan fingerprint density at radius 1 is 1.19 bits per heavy atom. The van der Waals surface area contributed by atoms with Crippen molar-refractivity contribution >= 4 is 17.0 Å². The highest BCUT2D eigenvalue weighted by atomic mass is 16.5. The molecule has 1 aliphatic carbocycles. The Hall–Kier alpha value is -3.85. The van der Waals surface area contributed by atoms with Crippen molar-refractivity contribution in [2.75, 3.05) is 6.54 Å². The number of ether oxygens (including phenoxy) is 1. The predicted octanol–water partition coefficient (Wildman–Crippen LogP) is 4.22. The minimum atomic E-state index is -0.837. The smallest absolute Gasteiger partial charge is 0.304 e. The molecule has 9 heteroatoms. The molecule has 0 saturated carbocycles. The van der Waals surface area contributed by atoms with Gasteiger partial charge in [0.05, 0.1) is 12.6 Å². The van der Waals surface area contributed by atoms with E-state index in [1.54, 1.807) is 17.1 Å². The number of pyridine rings is 2. The van der Waals surface area contributed by atoms with E-state index in [1.165, 1.54) is 11.1 Å². The SMILES string of the molecule is Cn1nnc2cc(C(CC(=O)O)C3CC(N4Cc5cccnc5OC(C)(C)C4)c4ccccc43)ncc21. The van der Waals surface area contributed by atoms with E-state index >= 15 is 0 Å². The minimum Gasteiger partial charge on any atom is -0.481 e. The molecule has 6 rings (SSSR count). The Morgan fingerprint density at radius 2 is 2.00 bits per heavy atom. The van der Waals surface area contributed by atoms with Gasteiger partial charge in [0.25, 0.3) is 0 Å². The molecule has 3 atom stereocenters. The van der Waals surface area contributed by atoms with Crippen LogP contribution in [0, 0.1) is 0 Å². The van der Waals surface area contributed by atoms with Crippen molar-refractivity contribution in [1.29, 1.82) is 0 Å². The number of benzene rings is 1. The maximum Gasteiger partial charge on any atom is 0.304 e. The van der Waals surface area contributed by atoms with Crippen LogP contribution < -0.4 is 4.74 Å². The van der Waals surface area contributed by atoms with Gasteiger partial charge in [0.15, 0.2) is 0 Å². The molecule has 1 aliphatic heterocycles. The van der Waals surface area contributed by atoms with Gasteiger partial charge in [-0.2, -0.15) is 0 Å². The average Bonchev–Trinajstić information content (AvgIpc) is 3.39. The standard InChI is InChI=1S/C28H30N6O3/c1-28(2)16-34(15-17-7-6-10-29-27(17)37-28)24-11-20(18-8-4-5-9-19(18)24)21(12-26(35)36)22-13-23-25(14-30-22)33(3)32-31-23/h4-10,13-14,20-21,24H,11-12,15-16H2,1-3H3,(H,35,36). The lowest BCUT2D eigenvalue weighted by atomic mass is 9.82. The van der Waals surface area contributed by atoms with Crippen molar-refractivity contribution in [3.05, 3.63) is 77.2 Å². The van der Waals surface area contributed by atoms with Gasteiger partial charge in [0.1, 0.15) is 16.6 Å². The summed E-state index contributed by atoms with van der Waals surface area (Å²) in [6.45, 7) is 5.62. The van der Waals surface area contributed by atoms with Gasteiger partial charge in [-0.05, 0) is 49.4 Å². The predicted molar refractivity (Wildman–Crippen MR) is 137 cm³/mol. The second-order valence-corrected chi connectivity index (χ2v) is 10.7. The fourth-order valence-corrected chi connectivity index (χ4v) is 6.08. The van der Waals surface area contributed by atoms with Crippen LogP contribution in [0.25, 0.3) is 11.0 Å². The van der Waals surface area contributed by atoms with Crippen molar-refractivity contribution in [2.45, 2.75) is 56.7 Å². The second kappa shape index (κ2) is 8.92. The highest BCUT2D eigenvalue weighted by Gasteiger charge is 2.42. The Bertz CT molecular complexity index is 1480. The number of fused-ring (bicyclic) bond motifs is 3. The van der Waals surface area contributed by atoms with Crippen LogP contribution in [0.3, 0.4) is 0 Å². The molecule has 0 radical (unpaired) electrons. The van der Waals surface area contributed by atoms with Crippen molar-refractivity contribution in [3.63, 3.8) is 0 Å². The quantitative estimate of drug-likeness (QED) is 0.436. The summed E-state index contributed by atoms with van der Waals surface area (Å²) in [6.07, 6.45) is 4.30. The molecule has 0 saturated heterocycles. The van der Waals surface area contributed by atoms with Crippen LogP contribution in [-0.4, -0.2) is 53.1 Å². The zero-order valence-corrected chi connectivity index (χ0v) is 21.2. The van der Waals surface area contributed by atoms with E-state index in [2.05, 4.69) is 58.3 Å². The zero-order valence-electron chi connectivity index (χ0n) is 21.2. The third kappa shape index (κ3) is 4.33. The van der Waals surface area contributed by atoms with E-state index in [9.17, 15) is 9.90 Å². The molecule has 3 unspecified atom stereocenters. The van der Waals surface area contributed by atoms with Crippen LogP contribution in [0.15, 0.2) is 54.9 Å². The Morgan fingerprint density at radius 3 is 2.81 bits per heavy atom. The zero-order chi connectivity index (χ0) is 25.7. The van der Waals surface area contributed by atoms with E-state index in [1.807, 2.05) is 25.2 Å².